The van der Waals surface area contributed by atoms with Crippen molar-refractivity contribution in [3.05, 3.63) is 0 Å². The maximum atomic E-state index is 12.8. The van der Waals surface area contributed by atoms with E-state index in [9.17, 15) is 33.9 Å². The van der Waals surface area contributed by atoms with Crippen LogP contribution in [0.2, 0.25) is 0 Å². The summed E-state index contributed by atoms with van der Waals surface area (Å²) in [5, 5.41) is 16.3. The molecule has 0 aromatic rings. The van der Waals surface area contributed by atoms with Crippen molar-refractivity contribution in [3.63, 3.8) is 0 Å². The van der Waals surface area contributed by atoms with E-state index in [1.807, 2.05) is 0 Å². The molecule has 15 heteroatoms. The van der Waals surface area contributed by atoms with Gasteiger partial charge in [0.05, 0.1) is 12.5 Å². The molecule has 0 aliphatic heterocycles. The molecular formula is C20H37N7O7S. The predicted octanol–water partition coefficient (Wildman–Crippen LogP) is -3.12. The van der Waals surface area contributed by atoms with Crippen LogP contribution in [0.5, 0.6) is 0 Å². The van der Waals surface area contributed by atoms with E-state index in [1.165, 1.54) is 11.8 Å². The van der Waals surface area contributed by atoms with Crippen molar-refractivity contribution in [3.8, 4) is 0 Å². The SMILES string of the molecule is CSCCC(NC(=O)C(CCC(N)=O)NC(=O)C(CC(N)=O)NC(=O)C(N)CCCCN)C(=O)O. The number of nitrogens with two attached hydrogens (primary N) is 4. The predicted molar refractivity (Wildman–Crippen MR) is 130 cm³/mol. The molecule has 5 amide bonds. The second-order valence-electron chi connectivity index (χ2n) is 7.87. The fraction of sp³-hybridized carbons (Fsp3) is 0.700. The molecule has 12 N–H and O–H groups in total. The maximum Gasteiger partial charge on any atom is 0.326 e. The number of unbranched alkanes of at least 4 members (excludes halogenated alkanes) is 1. The fourth-order valence-electron chi connectivity index (χ4n) is 2.92. The highest BCUT2D eigenvalue weighted by molar-refractivity contribution is 7.98. The van der Waals surface area contributed by atoms with Crippen LogP contribution >= 0.6 is 11.8 Å². The van der Waals surface area contributed by atoms with E-state index < -0.39 is 66.1 Å². The lowest BCUT2D eigenvalue weighted by Crippen LogP contribution is -2.57. The van der Waals surface area contributed by atoms with Crippen molar-refractivity contribution < 1.29 is 33.9 Å². The zero-order valence-corrected chi connectivity index (χ0v) is 20.6. The van der Waals surface area contributed by atoms with Gasteiger partial charge < -0.3 is 44.0 Å². The van der Waals surface area contributed by atoms with E-state index in [2.05, 4.69) is 16.0 Å². The van der Waals surface area contributed by atoms with Crippen molar-refractivity contribution in [2.45, 2.75) is 69.1 Å². The first-order chi connectivity index (χ1) is 16.4. The molecule has 0 fully saturated rings. The molecule has 0 heterocycles. The third-order valence-corrected chi connectivity index (χ3v) is 5.53. The zero-order chi connectivity index (χ0) is 27.0. The molecular weight excluding hydrogens is 482 g/mol. The topological polar surface area (TPSA) is 263 Å². The van der Waals surface area contributed by atoms with Crippen LogP contribution in [0.1, 0.15) is 44.9 Å². The van der Waals surface area contributed by atoms with Gasteiger partial charge in [0, 0.05) is 6.42 Å². The van der Waals surface area contributed by atoms with Crippen LogP contribution in [0.15, 0.2) is 0 Å². The Kier molecular flexibility index (Phi) is 16.1. The number of primary amides is 2. The van der Waals surface area contributed by atoms with Crippen LogP contribution in [0.25, 0.3) is 0 Å². The van der Waals surface area contributed by atoms with Gasteiger partial charge >= 0.3 is 5.97 Å². The summed E-state index contributed by atoms with van der Waals surface area (Å²) in [6.45, 7) is 0.426. The van der Waals surface area contributed by atoms with Gasteiger partial charge in [-0.15, -0.1) is 0 Å². The fourth-order valence-corrected chi connectivity index (χ4v) is 3.39. The van der Waals surface area contributed by atoms with Gasteiger partial charge in [0.1, 0.15) is 18.1 Å². The van der Waals surface area contributed by atoms with Gasteiger partial charge in [-0.3, -0.25) is 24.0 Å². The third kappa shape index (κ3) is 14.2. The molecule has 14 nitrogen and oxygen atoms in total. The molecule has 0 aliphatic rings. The highest BCUT2D eigenvalue weighted by atomic mass is 32.2. The number of hydrogen-bond donors (Lipinski definition) is 8. The lowest BCUT2D eigenvalue weighted by Gasteiger charge is -2.24. The van der Waals surface area contributed by atoms with Gasteiger partial charge in [0.2, 0.25) is 29.5 Å². The van der Waals surface area contributed by atoms with Crippen LogP contribution in [-0.4, -0.2) is 83.3 Å². The first-order valence-electron chi connectivity index (χ1n) is 11.1. The van der Waals surface area contributed by atoms with Crippen LogP contribution < -0.4 is 38.9 Å². The zero-order valence-electron chi connectivity index (χ0n) is 19.8. The summed E-state index contributed by atoms with van der Waals surface area (Å²) in [5.41, 5.74) is 21.6. The van der Waals surface area contributed by atoms with Crippen molar-refractivity contribution in [2.24, 2.45) is 22.9 Å². The Bertz CT molecular complexity index is 753. The Morgan fingerprint density at radius 3 is 1.89 bits per heavy atom. The summed E-state index contributed by atoms with van der Waals surface area (Å²) in [6, 6.07) is -5.00. The molecule has 0 rings (SSSR count). The quantitative estimate of drug-likeness (QED) is 0.0795. The maximum absolute atomic E-state index is 12.8. The second kappa shape index (κ2) is 17.5. The molecule has 0 saturated carbocycles. The first-order valence-corrected chi connectivity index (χ1v) is 12.5. The van der Waals surface area contributed by atoms with Crippen molar-refractivity contribution in [1.82, 2.24) is 16.0 Å². The number of carbonyl (C=O) groups is 6. The smallest absolute Gasteiger partial charge is 0.326 e. The Morgan fingerprint density at radius 1 is 0.800 bits per heavy atom. The van der Waals surface area contributed by atoms with Gasteiger partial charge in [0.25, 0.3) is 0 Å². The number of hydrogen-bond acceptors (Lipinski definition) is 9. The molecule has 0 aliphatic carbocycles. The van der Waals surface area contributed by atoms with Gasteiger partial charge in [-0.25, -0.2) is 4.79 Å². The molecule has 35 heavy (non-hydrogen) atoms. The minimum atomic E-state index is -1.45. The van der Waals surface area contributed by atoms with Crippen molar-refractivity contribution in [1.29, 1.82) is 0 Å². The highest BCUT2D eigenvalue weighted by Gasteiger charge is 2.31. The molecule has 0 aromatic heterocycles. The van der Waals surface area contributed by atoms with Crippen molar-refractivity contribution >= 4 is 47.3 Å². The van der Waals surface area contributed by atoms with Crippen LogP contribution in [-0.2, 0) is 28.8 Å². The Labute approximate surface area is 208 Å². The monoisotopic (exact) mass is 519 g/mol. The molecule has 0 aromatic carbocycles. The van der Waals surface area contributed by atoms with E-state index >= 15 is 0 Å². The Morgan fingerprint density at radius 2 is 1.37 bits per heavy atom. The summed E-state index contributed by atoms with van der Waals surface area (Å²) in [5.74, 6) is -4.97. The van der Waals surface area contributed by atoms with Gasteiger partial charge in [-0.1, -0.05) is 6.42 Å². The number of rotatable bonds is 19. The number of carboxylic acid groups (broad SMARTS) is 1. The van der Waals surface area contributed by atoms with E-state index in [4.69, 9.17) is 22.9 Å². The minimum absolute atomic E-state index is 0.126. The van der Waals surface area contributed by atoms with Gasteiger partial charge in [-0.05, 0) is 44.2 Å². The number of carbonyl (C=O) groups excluding carboxylic acids is 5. The normalized spacial score (nSPS) is 14.1. The first kappa shape index (κ1) is 32.1. The lowest BCUT2D eigenvalue weighted by molar-refractivity contribution is -0.142. The summed E-state index contributed by atoms with van der Waals surface area (Å²) >= 11 is 1.39. The number of thioether (sulfide) groups is 1. The van der Waals surface area contributed by atoms with Crippen LogP contribution in [0, 0.1) is 0 Å². The highest BCUT2D eigenvalue weighted by Crippen LogP contribution is 2.06. The number of amides is 5. The molecule has 200 valence electrons. The molecule has 0 spiro atoms. The van der Waals surface area contributed by atoms with E-state index in [0.29, 0.717) is 31.6 Å². The molecule has 0 radical (unpaired) electrons. The van der Waals surface area contributed by atoms with E-state index in [-0.39, 0.29) is 19.3 Å². The minimum Gasteiger partial charge on any atom is -0.480 e. The van der Waals surface area contributed by atoms with Crippen molar-refractivity contribution in [2.75, 3.05) is 18.6 Å². The summed E-state index contributed by atoms with van der Waals surface area (Å²) in [4.78, 5) is 72.1. The number of nitrogens with one attached hydrogen (secondary N) is 3. The van der Waals surface area contributed by atoms with Crippen LogP contribution in [0.4, 0.5) is 0 Å². The molecule has 0 bridgehead atoms. The molecule has 4 atom stereocenters. The lowest BCUT2D eigenvalue weighted by atomic mass is 10.1. The Balaban J connectivity index is 5.48. The summed E-state index contributed by atoms with van der Waals surface area (Å²) < 4.78 is 0. The average molecular weight is 520 g/mol. The number of carboxylic acids is 1. The van der Waals surface area contributed by atoms with Crippen LogP contribution in [0.3, 0.4) is 0 Å². The summed E-state index contributed by atoms with van der Waals surface area (Å²) in [6.07, 6.45) is 2.31. The Hall–Kier alpha value is -2.91. The summed E-state index contributed by atoms with van der Waals surface area (Å²) in [7, 11) is 0. The standard InChI is InChI=1S/C20H37N7O7S/c1-35-9-7-13(20(33)34)26-18(31)12(5-6-15(23)28)25-19(32)14(10-16(24)29)27-17(30)11(22)4-2-3-8-21/h11-14H,2-10,21-22H2,1H3,(H2,23,28)(H2,24,29)(H,25,32)(H,26,31)(H,27,30)(H,33,34). The third-order valence-electron chi connectivity index (χ3n) is 4.88. The number of aliphatic carboxylic acids is 1. The van der Waals surface area contributed by atoms with Gasteiger partial charge in [-0.2, -0.15) is 11.8 Å². The second-order valence-corrected chi connectivity index (χ2v) is 8.86. The molecule has 0 saturated heterocycles. The largest absolute Gasteiger partial charge is 0.480 e. The van der Waals surface area contributed by atoms with Gasteiger partial charge in [0.15, 0.2) is 0 Å². The average Bonchev–Trinajstić information content (AvgIpc) is 2.77. The van der Waals surface area contributed by atoms with E-state index in [0.717, 1.165) is 0 Å². The molecule has 4 unspecified atom stereocenters. The van der Waals surface area contributed by atoms with E-state index in [1.54, 1.807) is 6.26 Å².